The van der Waals surface area contributed by atoms with Gasteiger partial charge in [0.15, 0.2) is 0 Å². The highest BCUT2D eigenvalue weighted by Gasteiger charge is 2.23. The Labute approximate surface area is 53.3 Å². The van der Waals surface area contributed by atoms with Crippen LogP contribution in [0.4, 0.5) is 0 Å². The van der Waals surface area contributed by atoms with Crippen LogP contribution in [0.15, 0.2) is 0 Å². The van der Waals surface area contributed by atoms with E-state index in [0.29, 0.717) is 0 Å². The van der Waals surface area contributed by atoms with Crippen molar-refractivity contribution >= 4 is 19.5 Å². The zero-order valence-electron chi connectivity index (χ0n) is 4.67. The van der Waals surface area contributed by atoms with E-state index < -0.39 is 13.3 Å². The van der Waals surface area contributed by atoms with Crippen molar-refractivity contribution < 1.29 is 13.5 Å². The van der Waals surface area contributed by atoms with Gasteiger partial charge in [-0.05, 0) is 0 Å². The highest BCUT2D eigenvalue weighted by Crippen LogP contribution is 2.47. The molecule has 8 heavy (non-hydrogen) atoms. The molecule has 0 saturated heterocycles. The molecule has 1 unspecified atom stereocenters. The minimum atomic E-state index is -3.48. The van der Waals surface area contributed by atoms with Crippen LogP contribution in [0.2, 0.25) is 0 Å². The summed E-state index contributed by atoms with van der Waals surface area (Å²) in [4.78, 5) is 8.60. The molecule has 0 rings (SSSR count). The zero-order chi connectivity index (χ0) is 6.78. The summed E-state index contributed by atoms with van der Waals surface area (Å²) in [5.41, 5.74) is -0.431. The Kier molecular flexibility index (Phi) is 2.99. The Morgan fingerprint density at radius 1 is 1.75 bits per heavy atom. The Morgan fingerprint density at radius 2 is 2.12 bits per heavy atom. The Balaban J connectivity index is 3.93. The molecule has 5 heteroatoms. The van der Waals surface area contributed by atoms with Gasteiger partial charge in [-0.15, -0.1) is 0 Å². The lowest BCUT2D eigenvalue weighted by Gasteiger charge is -2.08. The second-order valence-corrected chi connectivity index (χ2v) is 4.44. The molecule has 1 atom stereocenters. The molecule has 0 aliphatic heterocycles. The van der Waals surface area contributed by atoms with Crippen molar-refractivity contribution in [3.8, 4) is 0 Å². The summed E-state index contributed by atoms with van der Waals surface area (Å²) < 4.78 is 14.3. The highest BCUT2D eigenvalue weighted by atomic mass is 35.5. The van der Waals surface area contributed by atoms with Crippen molar-refractivity contribution in [3.05, 3.63) is 0 Å². The predicted octanol–water partition coefficient (Wildman–Crippen LogP) is 1.75. The van der Waals surface area contributed by atoms with Crippen molar-refractivity contribution in [1.82, 2.24) is 0 Å². The van der Waals surface area contributed by atoms with Gasteiger partial charge in [0.1, 0.15) is 0 Å². The molecule has 50 valence electrons. The van der Waals surface area contributed by atoms with Crippen molar-refractivity contribution in [3.63, 3.8) is 0 Å². The minimum Gasteiger partial charge on any atom is -0.323 e. The van der Waals surface area contributed by atoms with E-state index in [0.717, 1.165) is 0 Å². The molecule has 0 radical (unpaired) electrons. The van der Waals surface area contributed by atoms with E-state index >= 15 is 0 Å². The van der Waals surface area contributed by atoms with Crippen LogP contribution in [0.3, 0.4) is 0 Å². The molecule has 0 saturated carbocycles. The SMILES string of the molecule is CC(C)P(=O)(O)OCl. The molecule has 0 fully saturated rings. The Bertz CT molecular complexity index is 113. The van der Waals surface area contributed by atoms with Crippen LogP contribution in [0.1, 0.15) is 13.8 Å². The normalized spacial score (nSPS) is 18.6. The van der Waals surface area contributed by atoms with Crippen LogP contribution in [-0.2, 0) is 8.64 Å². The fraction of sp³-hybridized carbons (Fsp3) is 1.00. The topological polar surface area (TPSA) is 46.5 Å². The first-order valence-corrected chi connectivity index (χ1v) is 4.09. The van der Waals surface area contributed by atoms with E-state index in [2.05, 4.69) is 15.9 Å². The summed E-state index contributed by atoms with van der Waals surface area (Å²) in [7, 11) is -3.48. The first kappa shape index (κ1) is 8.44. The van der Waals surface area contributed by atoms with Gasteiger partial charge in [0, 0.05) is 0 Å². The van der Waals surface area contributed by atoms with Crippen molar-refractivity contribution in [2.24, 2.45) is 0 Å². The van der Waals surface area contributed by atoms with Gasteiger partial charge >= 0.3 is 7.60 Å². The van der Waals surface area contributed by atoms with Gasteiger partial charge in [0.2, 0.25) is 0 Å². The lowest BCUT2D eigenvalue weighted by Crippen LogP contribution is -1.95. The quantitative estimate of drug-likeness (QED) is 0.623. The molecular weight excluding hydrogens is 150 g/mol. The summed E-state index contributed by atoms with van der Waals surface area (Å²) in [6, 6.07) is 0. The van der Waals surface area contributed by atoms with Gasteiger partial charge in [0.25, 0.3) is 0 Å². The Hall–Kier alpha value is 0.440. The molecule has 3 nitrogen and oxygen atoms in total. The molecule has 0 aromatic heterocycles. The summed E-state index contributed by atoms with van der Waals surface area (Å²) in [5, 5.41) is 0. The molecule has 0 aromatic carbocycles. The number of hydrogen-bond acceptors (Lipinski definition) is 2. The fourth-order valence-corrected chi connectivity index (χ4v) is 0.717. The van der Waals surface area contributed by atoms with Gasteiger partial charge in [0.05, 0.1) is 17.5 Å². The van der Waals surface area contributed by atoms with E-state index in [1.807, 2.05) is 0 Å². The number of rotatable bonds is 2. The van der Waals surface area contributed by atoms with Gasteiger partial charge in [-0.2, -0.15) is 4.08 Å². The molecule has 0 bridgehead atoms. The van der Waals surface area contributed by atoms with Crippen molar-refractivity contribution in [2.45, 2.75) is 19.5 Å². The van der Waals surface area contributed by atoms with E-state index in [-0.39, 0.29) is 0 Å². The summed E-state index contributed by atoms with van der Waals surface area (Å²) in [6.07, 6.45) is 0. The van der Waals surface area contributed by atoms with Gasteiger partial charge < -0.3 is 4.89 Å². The van der Waals surface area contributed by atoms with Crippen LogP contribution in [0, 0.1) is 0 Å². The standard InChI is InChI=1S/C3H8ClO3P/c1-3(2)8(5,6)7-4/h3H,1-2H3,(H,5,6). The van der Waals surface area contributed by atoms with Crippen LogP contribution >= 0.6 is 19.5 Å². The molecule has 0 amide bonds. The molecular formula is C3H8ClO3P. The first-order valence-electron chi connectivity index (χ1n) is 2.13. The van der Waals surface area contributed by atoms with Gasteiger partial charge in [-0.1, -0.05) is 13.8 Å². The van der Waals surface area contributed by atoms with Crippen molar-refractivity contribution in [2.75, 3.05) is 0 Å². The molecule has 0 aliphatic carbocycles. The average molecular weight is 159 g/mol. The second-order valence-electron chi connectivity index (χ2n) is 1.73. The largest absolute Gasteiger partial charge is 0.346 e. The molecule has 0 aromatic rings. The lowest BCUT2D eigenvalue weighted by molar-refractivity contribution is 0.384. The highest BCUT2D eigenvalue weighted by molar-refractivity contribution is 7.54. The smallest absolute Gasteiger partial charge is 0.323 e. The van der Waals surface area contributed by atoms with Crippen LogP contribution < -0.4 is 0 Å². The van der Waals surface area contributed by atoms with Crippen LogP contribution in [0.25, 0.3) is 0 Å². The summed E-state index contributed by atoms with van der Waals surface area (Å²) >= 11 is 4.68. The van der Waals surface area contributed by atoms with E-state index in [1.54, 1.807) is 13.8 Å². The third-order valence-electron chi connectivity index (χ3n) is 0.751. The third kappa shape index (κ3) is 2.14. The first-order chi connectivity index (χ1) is 3.50. The monoisotopic (exact) mass is 158 g/mol. The number of halogens is 1. The molecule has 0 aliphatic rings. The van der Waals surface area contributed by atoms with E-state index in [9.17, 15) is 4.57 Å². The minimum absolute atomic E-state index is 0.431. The van der Waals surface area contributed by atoms with E-state index in [4.69, 9.17) is 4.89 Å². The average Bonchev–Trinajstić information content (AvgIpc) is 1.67. The predicted molar refractivity (Wildman–Crippen MR) is 31.9 cm³/mol. The Morgan fingerprint density at radius 3 is 2.12 bits per heavy atom. The molecule has 1 N–H and O–H groups in total. The van der Waals surface area contributed by atoms with Gasteiger partial charge in [-0.25, -0.2) is 0 Å². The summed E-state index contributed by atoms with van der Waals surface area (Å²) in [6.45, 7) is 3.12. The molecule has 0 spiro atoms. The molecule has 0 heterocycles. The maximum absolute atomic E-state index is 10.5. The second kappa shape index (κ2) is 2.83. The third-order valence-corrected chi connectivity index (χ3v) is 2.85. The van der Waals surface area contributed by atoms with Crippen molar-refractivity contribution in [1.29, 1.82) is 0 Å². The van der Waals surface area contributed by atoms with E-state index in [1.165, 1.54) is 0 Å². The summed E-state index contributed by atoms with van der Waals surface area (Å²) in [5.74, 6) is 0. The lowest BCUT2D eigenvalue weighted by atomic mass is 10.6. The van der Waals surface area contributed by atoms with Crippen LogP contribution in [-0.4, -0.2) is 10.6 Å². The van der Waals surface area contributed by atoms with Crippen LogP contribution in [0.5, 0.6) is 0 Å². The van der Waals surface area contributed by atoms with Gasteiger partial charge in [-0.3, -0.25) is 4.57 Å². The zero-order valence-corrected chi connectivity index (χ0v) is 6.32. The maximum Gasteiger partial charge on any atom is 0.346 e. The maximum atomic E-state index is 10.5. The number of hydrogen-bond donors (Lipinski definition) is 1. The fourth-order valence-electron chi connectivity index (χ4n) is 0.0797.